The molecular formula is C14H23N5O3. The lowest BCUT2D eigenvalue weighted by Crippen LogP contribution is -2.39. The second-order valence-corrected chi connectivity index (χ2v) is 4.92. The molecule has 8 heteroatoms. The molecule has 1 saturated heterocycles. The van der Waals surface area contributed by atoms with E-state index in [0.717, 1.165) is 39.4 Å². The number of methoxy groups -OCH3 is 1. The normalized spacial score (nSPS) is 15.5. The Balaban J connectivity index is 1.70. The van der Waals surface area contributed by atoms with Gasteiger partial charge in [0.1, 0.15) is 0 Å². The van der Waals surface area contributed by atoms with Gasteiger partial charge in [0, 0.05) is 52.2 Å². The fourth-order valence-electron chi connectivity index (χ4n) is 2.06. The van der Waals surface area contributed by atoms with E-state index in [1.165, 1.54) is 12.4 Å². The van der Waals surface area contributed by atoms with E-state index in [-0.39, 0.29) is 5.91 Å². The molecule has 1 aliphatic rings. The molecule has 1 aromatic rings. The van der Waals surface area contributed by atoms with Gasteiger partial charge in [-0.1, -0.05) is 0 Å². The van der Waals surface area contributed by atoms with Crippen LogP contribution < -0.4 is 10.6 Å². The number of anilines is 1. The van der Waals surface area contributed by atoms with Crippen LogP contribution in [-0.4, -0.2) is 80.4 Å². The fraction of sp³-hybridized carbons (Fsp3) is 0.643. The van der Waals surface area contributed by atoms with Gasteiger partial charge in [0.25, 0.3) is 5.91 Å². The molecule has 2 rings (SSSR count). The Labute approximate surface area is 130 Å². The van der Waals surface area contributed by atoms with E-state index in [4.69, 9.17) is 9.47 Å². The van der Waals surface area contributed by atoms with Crippen molar-refractivity contribution in [3.63, 3.8) is 0 Å². The number of nitrogens with one attached hydrogen (secondary N) is 2. The molecule has 0 spiro atoms. The lowest BCUT2D eigenvalue weighted by molar-refractivity contribution is 0.0398. The number of amides is 1. The van der Waals surface area contributed by atoms with Crippen LogP contribution in [0.1, 0.15) is 10.4 Å². The van der Waals surface area contributed by atoms with Gasteiger partial charge < -0.3 is 20.1 Å². The van der Waals surface area contributed by atoms with Crippen molar-refractivity contribution in [3.05, 3.63) is 18.0 Å². The van der Waals surface area contributed by atoms with E-state index in [0.29, 0.717) is 24.7 Å². The Bertz CT molecular complexity index is 448. The molecule has 0 saturated carbocycles. The van der Waals surface area contributed by atoms with E-state index in [1.807, 2.05) is 0 Å². The summed E-state index contributed by atoms with van der Waals surface area (Å²) in [4.78, 5) is 22.4. The third kappa shape index (κ3) is 5.55. The van der Waals surface area contributed by atoms with Crippen molar-refractivity contribution < 1.29 is 14.3 Å². The first kappa shape index (κ1) is 16.6. The third-order valence-electron chi connectivity index (χ3n) is 3.32. The first-order valence-electron chi connectivity index (χ1n) is 7.43. The van der Waals surface area contributed by atoms with E-state index < -0.39 is 0 Å². The van der Waals surface area contributed by atoms with Crippen LogP contribution in [0.2, 0.25) is 0 Å². The van der Waals surface area contributed by atoms with Gasteiger partial charge in [-0.2, -0.15) is 0 Å². The standard InChI is InChI=1S/C14H23N5O3/c1-21-7-3-15-13(20)12-10-17-14(18-11-12)16-2-4-19-5-8-22-9-6-19/h10-11H,2-9H2,1H3,(H,15,20)(H,16,17,18). The highest BCUT2D eigenvalue weighted by molar-refractivity contribution is 5.93. The quantitative estimate of drug-likeness (QED) is 0.631. The largest absolute Gasteiger partial charge is 0.383 e. The van der Waals surface area contributed by atoms with Gasteiger partial charge in [-0.3, -0.25) is 9.69 Å². The van der Waals surface area contributed by atoms with Crippen LogP contribution in [0.4, 0.5) is 5.95 Å². The maximum atomic E-state index is 11.8. The predicted octanol–water partition coefficient (Wildman–Crippen LogP) is -0.403. The lowest BCUT2D eigenvalue weighted by atomic mass is 10.3. The minimum absolute atomic E-state index is 0.197. The van der Waals surface area contributed by atoms with Crippen LogP contribution in [-0.2, 0) is 9.47 Å². The highest BCUT2D eigenvalue weighted by atomic mass is 16.5. The number of carbonyl (C=O) groups is 1. The van der Waals surface area contributed by atoms with E-state index >= 15 is 0 Å². The van der Waals surface area contributed by atoms with Gasteiger partial charge in [0.05, 0.1) is 25.4 Å². The Morgan fingerprint density at radius 3 is 2.73 bits per heavy atom. The summed E-state index contributed by atoms with van der Waals surface area (Å²) in [5, 5.41) is 5.88. The number of morpholine rings is 1. The second kappa shape index (κ2) is 9.29. The van der Waals surface area contributed by atoms with Crippen LogP contribution in [0.15, 0.2) is 12.4 Å². The molecule has 2 N–H and O–H groups in total. The summed E-state index contributed by atoms with van der Waals surface area (Å²) in [6.45, 7) is 6.15. The highest BCUT2D eigenvalue weighted by Crippen LogP contribution is 2.01. The summed E-state index contributed by atoms with van der Waals surface area (Å²) in [6, 6.07) is 0. The summed E-state index contributed by atoms with van der Waals surface area (Å²) in [5.41, 5.74) is 0.440. The number of hydrogen-bond acceptors (Lipinski definition) is 7. The van der Waals surface area contributed by atoms with E-state index in [2.05, 4.69) is 25.5 Å². The number of rotatable bonds is 8. The molecule has 0 bridgehead atoms. The molecule has 1 amide bonds. The summed E-state index contributed by atoms with van der Waals surface area (Å²) < 4.78 is 10.2. The Kier molecular flexibility index (Phi) is 7.01. The zero-order valence-electron chi connectivity index (χ0n) is 12.9. The monoisotopic (exact) mass is 309 g/mol. The maximum absolute atomic E-state index is 11.8. The first-order chi connectivity index (χ1) is 10.8. The van der Waals surface area contributed by atoms with Gasteiger partial charge >= 0.3 is 0 Å². The minimum Gasteiger partial charge on any atom is -0.383 e. The molecule has 1 aliphatic heterocycles. The summed E-state index contributed by atoms with van der Waals surface area (Å²) >= 11 is 0. The minimum atomic E-state index is -0.197. The zero-order valence-corrected chi connectivity index (χ0v) is 12.9. The SMILES string of the molecule is COCCNC(=O)c1cnc(NCCN2CCOCC2)nc1. The zero-order chi connectivity index (χ0) is 15.6. The first-order valence-corrected chi connectivity index (χ1v) is 7.43. The van der Waals surface area contributed by atoms with Gasteiger partial charge in [0.15, 0.2) is 0 Å². The molecule has 0 atom stereocenters. The molecule has 1 fully saturated rings. The molecule has 122 valence electrons. The lowest BCUT2D eigenvalue weighted by Gasteiger charge is -2.26. The highest BCUT2D eigenvalue weighted by Gasteiger charge is 2.10. The van der Waals surface area contributed by atoms with Crippen molar-refractivity contribution in [1.29, 1.82) is 0 Å². The molecule has 1 aromatic heterocycles. The van der Waals surface area contributed by atoms with Crippen LogP contribution in [0.25, 0.3) is 0 Å². The van der Waals surface area contributed by atoms with Crippen molar-refractivity contribution in [2.75, 3.05) is 65.0 Å². The molecular weight excluding hydrogens is 286 g/mol. The van der Waals surface area contributed by atoms with Crippen LogP contribution >= 0.6 is 0 Å². The van der Waals surface area contributed by atoms with Gasteiger partial charge in [0.2, 0.25) is 5.95 Å². The van der Waals surface area contributed by atoms with Gasteiger partial charge in [-0.25, -0.2) is 9.97 Å². The van der Waals surface area contributed by atoms with E-state index in [9.17, 15) is 4.79 Å². The Morgan fingerprint density at radius 2 is 2.05 bits per heavy atom. The summed E-state index contributed by atoms with van der Waals surface area (Å²) in [7, 11) is 1.59. The van der Waals surface area contributed by atoms with Gasteiger partial charge in [-0.05, 0) is 0 Å². The topological polar surface area (TPSA) is 88.6 Å². The van der Waals surface area contributed by atoms with Crippen molar-refractivity contribution in [3.8, 4) is 0 Å². The molecule has 0 radical (unpaired) electrons. The molecule has 22 heavy (non-hydrogen) atoms. The van der Waals surface area contributed by atoms with Gasteiger partial charge in [-0.15, -0.1) is 0 Å². The van der Waals surface area contributed by atoms with Crippen LogP contribution in [0, 0.1) is 0 Å². The number of ether oxygens (including phenoxy) is 2. The molecule has 0 unspecified atom stereocenters. The van der Waals surface area contributed by atoms with Crippen molar-refractivity contribution in [2.45, 2.75) is 0 Å². The smallest absolute Gasteiger partial charge is 0.254 e. The average molecular weight is 309 g/mol. The summed E-state index contributed by atoms with van der Waals surface area (Å²) in [5.74, 6) is 0.332. The number of carbonyl (C=O) groups excluding carboxylic acids is 1. The van der Waals surface area contributed by atoms with Crippen molar-refractivity contribution in [1.82, 2.24) is 20.2 Å². The van der Waals surface area contributed by atoms with Crippen LogP contribution in [0.5, 0.6) is 0 Å². The maximum Gasteiger partial charge on any atom is 0.254 e. The number of nitrogens with zero attached hydrogens (tertiary/aromatic N) is 3. The van der Waals surface area contributed by atoms with Crippen molar-refractivity contribution in [2.24, 2.45) is 0 Å². The molecule has 8 nitrogen and oxygen atoms in total. The molecule has 0 aromatic carbocycles. The fourth-order valence-corrected chi connectivity index (χ4v) is 2.06. The van der Waals surface area contributed by atoms with Crippen LogP contribution in [0.3, 0.4) is 0 Å². The number of aromatic nitrogens is 2. The third-order valence-corrected chi connectivity index (χ3v) is 3.32. The molecule has 2 heterocycles. The van der Waals surface area contributed by atoms with Crippen molar-refractivity contribution >= 4 is 11.9 Å². The Hall–Kier alpha value is -1.77. The average Bonchev–Trinajstić information content (AvgIpc) is 2.56. The predicted molar refractivity (Wildman–Crippen MR) is 82.0 cm³/mol. The van der Waals surface area contributed by atoms with E-state index in [1.54, 1.807) is 7.11 Å². The Morgan fingerprint density at radius 1 is 1.32 bits per heavy atom. The second-order valence-electron chi connectivity index (χ2n) is 4.92. The number of hydrogen-bond donors (Lipinski definition) is 2. The molecule has 0 aliphatic carbocycles. The summed E-state index contributed by atoms with van der Waals surface area (Å²) in [6.07, 6.45) is 3.04.